The Hall–Kier alpha value is -2.36. The van der Waals surface area contributed by atoms with Crippen LogP contribution in [0.2, 0.25) is 0 Å². The van der Waals surface area contributed by atoms with Crippen molar-refractivity contribution in [1.29, 1.82) is 0 Å². The Labute approximate surface area is 148 Å². The molecule has 1 fully saturated rings. The lowest BCUT2D eigenvalue weighted by atomic mass is 9.82. The summed E-state index contributed by atoms with van der Waals surface area (Å²) < 4.78 is 1.91. The van der Waals surface area contributed by atoms with Gasteiger partial charge in [0, 0.05) is 37.3 Å². The van der Waals surface area contributed by atoms with Crippen molar-refractivity contribution < 1.29 is 4.79 Å². The number of rotatable bonds is 3. The lowest BCUT2D eigenvalue weighted by Crippen LogP contribution is -2.50. The third-order valence-corrected chi connectivity index (χ3v) is 5.70. The molecule has 4 nitrogen and oxygen atoms in total. The average molecular weight is 336 g/mol. The van der Waals surface area contributed by atoms with Crippen LogP contribution in [0.15, 0.2) is 53.3 Å². The van der Waals surface area contributed by atoms with E-state index < -0.39 is 0 Å². The van der Waals surface area contributed by atoms with E-state index in [-0.39, 0.29) is 23.3 Å². The van der Waals surface area contributed by atoms with Gasteiger partial charge in [0.25, 0.3) is 5.56 Å². The first-order chi connectivity index (χ1) is 12.2. The van der Waals surface area contributed by atoms with Gasteiger partial charge in [-0.3, -0.25) is 9.59 Å². The van der Waals surface area contributed by atoms with E-state index >= 15 is 0 Å². The largest absolute Gasteiger partial charge is 0.341 e. The van der Waals surface area contributed by atoms with Crippen molar-refractivity contribution in [1.82, 2.24) is 9.47 Å². The fraction of sp³-hybridized carbons (Fsp3) is 0.429. The van der Waals surface area contributed by atoms with Gasteiger partial charge in [0.2, 0.25) is 5.91 Å². The van der Waals surface area contributed by atoms with Crippen LogP contribution in [0.1, 0.15) is 42.9 Å². The monoisotopic (exact) mass is 336 g/mol. The van der Waals surface area contributed by atoms with E-state index in [1.54, 1.807) is 6.07 Å². The predicted molar refractivity (Wildman–Crippen MR) is 97.6 cm³/mol. The molecule has 2 aliphatic rings. The minimum atomic E-state index is -0.0713. The molecule has 3 heterocycles. The molecule has 3 atom stereocenters. The Kier molecular flexibility index (Phi) is 4.20. The number of nitrogens with zero attached hydrogens (tertiary/aromatic N) is 2. The molecule has 0 saturated carbocycles. The summed E-state index contributed by atoms with van der Waals surface area (Å²) in [5.41, 5.74) is 2.28. The fourth-order valence-corrected chi connectivity index (χ4v) is 4.54. The highest BCUT2D eigenvalue weighted by Gasteiger charge is 2.37. The van der Waals surface area contributed by atoms with Gasteiger partial charge < -0.3 is 9.47 Å². The number of amides is 1. The molecular weight excluding hydrogens is 312 g/mol. The van der Waals surface area contributed by atoms with Gasteiger partial charge >= 0.3 is 0 Å². The van der Waals surface area contributed by atoms with Crippen molar-refractivity contribution in [3.63, 3.8) is 0 Å². The van der Waals surface area contributed by atoms with Gasteiger partial charge in [-0.05, 0) is 30.4 Å². The van der Waals surface area contributed by atoms with Crippen LogP contribution < -0.4 is 5.56 Å². The molecule has 2 aliphatic heterocycles. The Morgan fingerprint density at radius 2 is 1.88 bits per heavy atom. The standard InChI is InChI=1S/C21H24N2O2/c1-2-18(16-7-4-3-5-8-16)21(25)22-12-15-11-17(14-22)19-9-6-10-20(24)23(19)13-15/h3-10,15,17-18H,2,11-14H2,1H3/t15-,17-,18?/m1/s1. The first-order valence-corrected chi connectivity index (χ1v) is 9.21. The second kappa shape index (κ2) is 6.51. The Morgan fingerprint density at radius 1 is 1.08 bits per heavy atom. The Bertz CT molecular complexity index is 827. The van der Waals surface area contributed by atoms with Gasteiger partial charge in [0.15, 0.2) is 0 Å². The van der Waals surface area contributed by atoms with Gasteiger partial charge in [-0.15, -0.1) is 0 Å². The number of carbonyl (C=O) groups excluding carboxylic acids is 1. The maximum Gasteiger partial charge on any atom is 0.250 e. The highest BCUT2D eigenvalue weighted by molar-refractivity contribution is 5.84. The number of likely N-dealkylation sites (tertiary alicyclic amines) is 1. The topological polar surface area (TPSA) is 42.3 Å². The molecule has 0 radical (unpaired) electrons. The zero-order valence-corrected chi connectivity index (χ0v) is 14.6. The normalized spacial score (nSPS) is 23.0. The molecule has 1 saturated heterocycles. The molecule has 0 N–H and O–H groups in total. The summed E-state index contributed by atoms with van der Waals surface area (Å²) in [4.78, 5) is 27.4. The van der Waals surface area contributed by atoms with E-state index in [4.69, 9.17) is 0 Å². The minimum absolute atomic E-state index is 0.0713. The molecule has 4 heteroatoms. The zero-order chi connectivity index (χ0) is 17.4. The highest BCUT2D eigenvalue weighted by Crippen LogP contribution is 2.36. The first kappa shape index (κ1) is 16.1. The van der Waals surface area contributed by atoms with Crippen LogP contribution in [0.5, 0.6) is 0 Å². The number of hydrogen-bond acceptors (Lipinski definition) is 2. The van der Waals surface area contributed by atoms with Crippen molar-refractivity contribution in [2.75, 3.05) is 13.1 Å². The van der Waals surface area contributed by atoms with Crippen molar-refractivity contribution in [2.24, 2.45) is 5.92 Å². The maximum absolute atomic E-state index is 13.2. The number of piperidine rings is 1. The molecule has 0 aliphatic carbocycles. The van der Waals surface area contributed by atoms with E-state index in [0.717, 1.165) is 43.7 Å². The van der Waals surface area contributed by atoms with Crippen LogP contribution in [0.4, 0.5) is 0 Å². The van der Waals surface area contributed by atoms with Crippen LogP contribution in [0.3, 0.4) is 0 Å². The fourth-order valence-electron chi connectivity index (χ4n) is 4.54. The summed E-state index contributed by atoms with van der Waals surface area (Å²) in [6.07, 6.45) is 1.89. The van der Waals surface area contributed by atoms with E-state index in [2.05, 4.69) is 6.92 Å². The van der Waals surface area contributed by atoms with E-state index in [0.29, 0.717) is 5.92 Å². The predicted octanol–water partition coefficient (Wildman–Crippen LogP) is 2.99. The van der Waals surface area contributed by atoms with Crippen LogP contribution >= 0.6 is 0 Å². The number of carbonyl (C=O) groups is 1. The van der Waals surface area contributed by atoms with E-state index in [1.165, 1.54) is 0 Å². The van der Waals surface area contributed by atoms with Gasteiger partial charge in [-0.25, -0.2) is 0 Å². The summed E-state index contributed by atoms with van der Waals surface area (Å²) in [5, 5.41) is 0. The molecule has 2 bridgehead atoms. The van der Waals surface area contributed by atoms with Gasteiger partial charge in [-0.1, -0.05) is 43.3 Å². The Balaban J connectivity index is 1.59. The molecule has 25 heavy (non-hydrogen) atoms. The summed E-state index contributed by atoms with van der Waals surface area (Å²) in [6.45, 7) is 4.30. The summed E-state index contributed by atoms with van der Waals surface area (Å²) >= 11 is 0. The Morgan fingerprint density at radius 3 is 2.64 bits per heavy atom. The molecule has 2 aromatic rings. The van der Waals surface area contributed by atoms with E-state index in [1.807, 2.05) is 51.9 Å². The maximum atomic E-state index is 13.2. The number of aromatic nitrogens is 1. The number of fused-ring (bicyclic) bond motifs is 4. The third-order valence-electron chi connectivity index (χ3n) is 5.70. The van der Waals surface area contributed by atoms with Gasteiger partial charge in [0.05, 0.1) is 5.92 Å². The molecular formula is C21H24N2O2. The highest BCUT2D eigenvalue weighted by atomic mass is 16.2. The summed E-state index contributed by atoms with van der Waals surface area (Å²) in [5.74, 6) is 0.815. The SMILES string of the molecule is CCC(C(=O)N1C[C@H]2C[C@H](C1)c1cccc(=O)n1C2)c1ccccc1. The smallest absolute Gasteiger partial charge is 0.250 e. The summed E-state index contributed by atoms with van der Waals surface area (Å²) in [7, 11) is 0. The molecule has 0 spiro atoms. The van der Waals surface area contributed by atoms with Crippen molar-refractivity contribution >= 4 is 5.91 Å². The van der Waals surface area contributed by atoms with Crippen LogP contribution in [0, 0.1) is 5.92 Å². The van der Waals surface area contributed by atoms with Crippen LogP contribution in [-0.4, -0.2) is 28.5 Å². The molecule has 1 unspecified atom stereocenters. The molecule has 1 amide bonds. The zero-order valence-electron chi connectivity index (χ0n) is 14.6. The van der Waals surface area contributed by atoms with Crippen LogP contribution in [-0.2, 0) is 11.3 Å². The number of hydrogen-bond donors (Lipinski definition) is 0. The average Bonchev–Trinajstić information content (AvgIpc) is 2.64. The molecule has 1 aromatic carbocycles. The van der Waals surface area contributed by atoms with Crippen molar-refractivity contribution in [3.05, 3.63) is 70.1 Å². The van der Waals surface area contributed by atoms with E-state index in [9.17, 15) is 9.59 Å². The van der Waals surface area contributed by atoms with Crippen molar-refractivity contribution in [3.8, 4) is 0 Å². The van der Waals surface area contributed by atoms with Crippen LogP contribution in [0.25, 0.3) is 0 Å². The summed E-state index contributed by atoms with van der Waals surface area (Å²) in [6, 6.07) is 15.6. The van der Waals surface area contributed by atoms with Crippen molar-refractivity contribution in [2.45, 2.75) is 38.1 Å². The molecule has 1 aromatic heterocycles. The molecule has 4 rings (SSSR count). The second-order valence-corrected chi connectivity index (χ2v) is 7.31. The first-order valence-electron chi connectivity index (χ1n) is 9.21. The number of pyridine rings is 1. The number of benzene rings is 1. The van der Waals surface area contributed by atoms with Gasteiger partial charge in [-0.2, -0.15) is 0 Å². The third kappa shape index (κ3) is 2.90. The van der Waals surface area contributed by atoms with Gasteiger partial charge in [0.1, 0.15) is 0 Å². The quantitative estimate of drug-likeness (QED) is 0.865. The lowest BCUT2D eigenvalue weighted by Gasteiger charge is -2.43. The second-order valence-electron chi connectivity index (χ2n) is 7.31. The minimum Gasteiger partial charge on any atom is -0.341 e. The lowest BCUT2D eigenvalue weighted by molar-refractivity contribution is -0.135. The molecule has 130 valence electrons.